The minimum atomic E-state index is -1.11. The second kappa shape index (κ2) is 6.85. The molecule has 1 N–H and O–H groups in total. The molecule has 0 spiro atoms. The maximum atomic E-state index is 11.6. The van der Waals surface area contributed by atoms with E-state index >= 15 is 0 Å². The van der Waals surface area contributed by atoms with E-state index in [1.54, 1.807) is 0 Å². The van der Waals surface area contributed by atoms with Gasteiger partial charge in [-0.2, -0.15) is 5.10 Å². The zero-order valence-electron chi connectivity index (χ0n) is 17.5. The fourth-order valence-corrected chi connectivity index (χ4v) is 4.28. The number of aromatic nitrogens is 3. The highest BCUT2D eigenvalue weighted by molar-refractivity contribution is 5.86. The van der Waals surface area contributed by atoms with Crippen LogP contribution in [0, 0.1) is 6.92 Å². The van der Waals surface area contributed by atoms with Gasteiger partial charge in [-0.15, -0.1) is 0 Å². The van der Waals surface area contributed by atoms with Crippen molar-refractivity contribution in [1.82, 2.24) is 14.3 Å². The summed E-state index contributed by atoms with van der Waals surface area (Å²) in [6, 6.07) is 22.7. The lowest BCUT2D eigenvalue weighted by atomic mass is 9.87. The molecule has 150 valence electrons. The molecular formula is C26H25N3O. The molecule has 30 heavy (non-hydrogen) atoms. The number of aliphatic hydroxyl groups is 1. The molecule has 5 rings (SSSR count). The molecule has 2 aromatic heterocycles. The minimum absolute atomic E-state index is 0.859. The van der Waals surface area contributed by atoms with Crippen molar-refractivity contribution in [3.63, 3.8) is 0 Å². The van der Waals surface area contributed by atoms with E-state index < -0.39 is 5.60 Å². The van der Waals surface area contributed by atoms with Gasteiger partial charge in [0.05, 0.1) is 17.4 Å². The van der Waals surface area contributed by atoms with Crippen LogP contribution in [0.25, 0.3) is 27.5 Å². The first-order chi connectivity index (χ1) is 14.5. The highest BCUT2D eigenvalue weighted by Gasteiger charge is 2.30. The Morgan fingerprint density at radius 2 is 1.73 bits per heavy atom. The number of aryl methyl sites for hydroxylation is 2. The Bertz CT molecular complexity index is 1360. The molecule has 4 nitrogen and oxygen atoms in total. The van der Waals surface area contributed by atoms with Crippen molar-refractivity contribution < 1.29 is 5.11 Å². The lowest BCUT2D eigenvalue weighted by Gasteiger charge is -2.24. The molecule has 0 aliphatic rings. The van der Waals surface area contributed by atoms with Gasteiger partial charge in [-0.1, -0.05) is 42.0 Å². The Morgan fingerprint density at radius 1 is 0.967 bits per heavy atom. The summed E-state index contributed by atoms with van der Waals surface area (Å²) in [7, 11) is 0. The van der Waals surface area contributed by atoms with E-state index in [1.807, 2.05) is 48.1 Å². The first-order valence-electron chi connectivity index (χ1n) is 10.3. The number of fused-ring (bicyclic) bond motifs is 2. The molecule has 0 aliphatic carbocycles. The Morgan fingerprint density at radius 3 is 2.50 bits per heavy atom. The van der Waals surface area contributed by atoms with E-state index in [1.165, 1.54) is 5.56 Å². The predicted molar refractivity (Wildman–Crippen MR) is 122 cm³/mol. The summed E-state index contributed by atoms with van der Waals surface area (Å²) < 4.78 is 4.13. The quantitative estimate of drug-likeness (QED) is 0.433. The summed E-state index contributed by atoms with van der Waals surface area (Å²) >= 11 is 0. The monoisotopic (exact) mass is 395 g/mol. The highest BCUT2D eigenvalue weighted by Crippen LogP contribution is 2.36. The lowest BCUT2D eigenvalue weighted by Crippen LogP contribution is -2.22. The Labute approximate surface area is 176 Å². The van der Waals surface area contributed by atoms with Gasteiger partial charge in [-0.25, -0.2) is 4.68 Å². The van der Waals surface area contributed by atoms with Crippen LogP contribution in [0.15, 0.2) is 79.1 Å². The molecule has 0 aliphatic heterocycles. The molecule has 0 amide bonds. The Kier molecular flexibility index (Phi) is 4.26. The van der Waals surface area contributed by atoms with Gasteiger partial charge >= 0.3 is 0 Å². The molecule has 0 radical (unpaired) electrons. The largest absolute Gasteiger partial charge is 0.381 e. The maximum absolute atomic E-state index is 11.6. The fraction of sp³-hybridized carbons (Fsp3) is 0.192. The number of para-hydroxylation sites is 1. The van der Waals surface area contributed by atoms with Crippen LogP contribution in [0.2, 0.25) is 0 Å². The van der Waals surface area contributed by atoms with Crippen LogP contribution in [0.1, 0.15) is 30.5 Å². The van der Waals surface area contributed by atoms with E-state index in [4.69, 9.17) is 0 Å². The van der Waals surface area contributed by atoms with Crippen molar-refractivity contribution in [2.24, 2.45) is 0 Å². The molecule has 0 fully saturated rings. The number of hydrogen-bond donors (Lipinski definition) is 1. The predicted octanol–water partition coefficient (Wildman–Crippen LogP) is 5.56. The number of hydrogen-bond acceptors (Lipinski definition) is 2. The van der Waals surface area contributed by atoms with Crippen molar-refractivity contribution in [3.05, 3.63) is 95.8 Å². The molecule has 1 unspecified atom stereocenters. The van der Waals surface area contributed by atoms with E-state index in [0.29, 0.717) is 0 Å². The second-order valence-electron chi connectivity index (χ2n) is 8.08. The van der Waals surface area contributed by atoms with Gasteiger partial charge in [0.25, 0.3) is 0 Å². The summed E-state index contributed by atoms with van der Waals surface area (Å²) in [5, 5.41) is 18.3. The molecule has 5 aromatic rings. The molecule has 3 aromatic carbocycles. The van der Waals surface area contributed by atoms with Gasteiger partial charge in [0.2, 0.25) is 0 Å². The van der Waals surface area contributed by atoms with Gasteiger partial charge in [-0.05, 0) is 56.7 Å². The van der Waals surface area contributed by atoms with Crippen LogP contribution >= 0.6 is 0 Å². The van der Waals surface area contributed by atoms with Crippen LogP contribution in [0.5, 0.6) is 0 Å². The summed E-state index contributed by atoms with van der Waals surface area (Å²) in [5.74, 6) is 0. The maximum Gasteiger partial charge on any atom is 0.114 e. The standard InChI is InChI=1S/C26H25N3O/c1-4-28-17-23(22-7-5-6-8-25(22)28)26(3,30)20-11-14-24-19(15-20)16-27-29(24)21-12-9-18(2)10-13-21/h5-17,30H,4H2,1-3H3. The first-order valence-corrected chi connectivity index (χ1v) is 10.3. The van der Waals surface area contributed by atoms with Crippen molar-refractivity contribution in [2.45, 2.75) is 32.9 Å². The highest BCUT2D eigenvalue weighted by atomic mass is 16.3. The van der Waals surface area contributed by atoms with Gasteiger partial charge in [-0.3, -0.25) is 0 Å². The van der Waals surface area contributed by atoms with Crippen LogP contribution in [0.3, 0.4) is 0 Å². The number of benzene rings is 3. The normalized spacial score (nSPS) is 13.7. The van der Waals surface area contributed by atoms with E-state index in [9.17, 15) is 5.11 Å². The topological polar surface area (TPSA) is 43.0 Å². The average Bonchev–Trinajstić information content (AvgIpc) is 3.36. The third kappa shape index (κ3) is 2.84. The molecule has 2 heterocycles. The van der Waals surface area contributed by atoms with Crippen molar-refractivity contribution in [1.29, 1.82) is 0 Å². The molecule has 0 saturated heterocycles. The first kappa shape index (κ1) is 18.6. The molecular weight excluding hydrogens is 370 g/mol. The van der Waals surface area contributed by atoms with E-state index in [0.717, 1.165) is 45.2 Å². The van der Waals surface area contributed by atoms with Crippen molar-refractivity contribution >= 4 is 21.8 Å². The summed E-state index contributed by atoms with van der Waals surface area (Å²) in [6.07, 6.45) is 3.94. The zero-order chi connectivity index (χ0) is 20.9. The van der Waals surface area contributed by atoms with Crippen LogP contribution in [0.4, 0.5) is 0 Å². The van der Waals surface area contributed by atoms with E-state index in [2.05, 4.69) is 66.1 Å². The van der Waals surface area contributed by atoms with Gasteiger partial charge in [0.1, 0.15) is 5.60 Å². The number of nitrogens with zero attached hydrogens (tertiary/aromatic N) is 3. The fourth-order valence-electron chi connectivity index (χ4n) is 4.28. The summed E-state index contributed by atoms with van der Waals surface area (Å²) in [4.78, 5) is 0. The third-order valence-corrected chi connectivity index (χ3v) is 6.06. The Hall–Kier alpha value is -3.37. The van der Waals surface area contributed by atoms with Crippen LogP contribution in [-0.2, 0) is 12.1 Å². The Balaban J connectivity index is 1.62. The summed E-state index contributed by atoms with van der Waals surface area (Å²) in [6.45, 7) is 6.94. The van der Waals surface area contributed by atoms with Gasteiger partial charge < -0.3 is 9.67 Å². The van der Waals surface area contributed by atoms with E-state index in [-0.39, 0.29) is 0 Å². The average molecular weight is 396 g/mol. The van der Waals surface area contributed by atoms with Crippen LogP contribution < -0.4 is 0 Å². The smallest absolute Gasteiger partial charge is 0.114 e. The SMILES string of the molecule is CCn1cc(C(C)(O)c2ccc3c(cnn3-c3ccc(C)cc3)c2)c2ccccc21. The van der Waals surface area contributed by atoms with Gasteiger partial charge in [0.15, 0.2) is 0 Å². The molecule has 0 saturated carbocycles. The minimum Gasteiger partial charge on any atom is -0.381 e. The molecule has 0 bridgehead atoms. The number of rotatable bonds is 4. The molecule has 4 heteroatoms. The molecule has 1 atom stereocenters. The summed E-state index contributed by atoms with van der Waals surface area (Å²) in [5.41, 5.74) is 5.08. The third-order valence-electron chi connectivity index (χ3n) is 6.06. The second-order valence-corrected chi connectivity index (χ2v) is 8.08. The van der Waals surface area contributed by atoms with Crippen molar-refractivity contribution in [3.8, 4) is 5.69 Å². The lowest BCUT2D eigenvalue weighted by molar-refractivity contribution is 0.104. The van der Waals surface area contributed by atoms with Crippen molar-refractivity contribution in [2.75, 3.05) is 0 Å². The van der Waals surface area contributed by atoms with Gasteiger partial charge in [0, 0.05) is 34.6 Å². The van der Waals surface area contributed by atoms with Crippen LogP contribution in [-0.4, -0.2) is 19.5 Å². The zero-order valence-corrected chi connectivity index (χ0v) is 17.5.